The van der Waals surface area contributed by atoms with Gasteiger partial charge in [-0.05, 0) is 29.5 Å². The average molecular weight is 450 g/mol. The highest BCUT2D eigenvalue weighted by Crippen LogP contribution is 2.32. The summed E-state index contributed by atoms with van der Waals surface area (Å²) in [5, 5.41) is 3.29. The van der Waals surface area contributed by atoms with E-state index >= 15 is 0 Å². The van der Waals surface area contributed by atoms with Crippen LogP contribution < -0.4 is 5.32 Å². The topological polar surface area (TPSA) is 46.9 Å². The molecule has 1 aliphatic rings. The van der Waals surface area contributed by atoms with E-state index in [2.05, 4.69) is 70.5 Å². The monoisotopic (exact) mass is 449 g/mol. The number of nitrogens with one attached hydrogen (secondary N) is 1. The van der Waals surface area contributed by atoms with E-state index in [9.17, 15) is 4.79 Å². The van der Waals surface area contributed by atoms with Crippen molar-refractivity contribution in [3.05, 3.63) is 125 Å². The molecule has 0 saturated heterocycles. The summed E-state index contributed by atoms with van der Waals surface area (Å²) >= 11 is 0. The summed E-state index contributed by atoms with van der Waals surface area (Å²) in [4.78, 5) is 18.3. The van der Waals surface area contributed by atoms with Crippen LogP contribution in [0.5, 0.6) is 0 Å². The molecule has 1 heterocycles. The zero-order valence-corrected chi connectivity index (χ0v) is 19.4. The molecule has 1 aliphatic carbocycles. The lowest BCUT2D eigenvalue weighted by molar-refractivity contribution is 0.0918. The predicted molar refractivity (Wildman–Crippen MR) is 136 cm³/mol. The number of aromatic nitrogens is 2. The maximum atomic E-state index is 13.5. The van der Waals surface area contributed by atoms with E-state index in [1.807, 2.05) is 30.3 Å². The van der Waals surface area contributed by atoms with Crippen LogP contribution in [0.15, 0.2) is 97.2 Å². The zero-order chi connectivity index (χ0) is 23.2. The number of hydrogen-bond acceptors (Lipinski definition) is 2. The molecule has 4 heteroatoms. The van der Waals surface area contributed by atoms with Gasteiger partial charge in [0.1, 0.15) is 11.5 Å². The van der Waals surface area contributed by atoms with Gasteiger partial charge < -0.3 is 9.88 Å². The Labute approximate surface area is 201 Å². The molecular formula is C30H31N3O. The Morgan fingerprint density at radius 3 is 1.97 bits per heavy atom. The number of rotatable bonds is 7. The summed E-state index contributed by atoms with van der Waals surface area (Å²) in [6.45, 7) is 0.597. The Hall–Kier alpha value is -3.66. The standard InChI is InChI=1S/C30H31N3O/c34-30(32-26-19-11-4-12-20-26)27-21-31-29(33(27)22-23-13-5-1-6-14-23)28(24-15-7-2-8-16-24)25-17-9-3-10-18-25/h1-3,5-10,13-18,21,26,28H,4,11-12,19-20,22H2,(H,32,34). The van der Waals surface area contributed by atoms with Crippen LogP contribution in [0.2, 0.25) is 0 Å². The Balaban J connectivity index is 1.58. The first-order valence-corrected chi connectivity index (χ1v) is 12.3. The van der Waals surface area contributed by atoms with Gasteiger partial charge in [-0.1, -0.05) is 110 Å². The number of benzene rings is 3. The van der Waals surface area contributed by atoms with Crippen LogP contribution in [0, 0.1) is 0 Å². The second-order valence-electron chi connectivity index (χ2n) is 9.14. The number of carbonyl (C=O) groups excluding carboxylic acids is 1. The summed E-state index contributed by atoms with van der Waals surface area (Å²) in [7, 11) is 0. The van der Waals surface area contributed by atoms with Gasteiger partial charge in [-0.2, -0.15) is 0 Å². The van der Waals surface area contributed by atoms with Gasteiger partial charge in [0.05, 0.1) is 12.1 Å². The lowest BCUT2D eigenvalue weighted by atomic mass is 9.90. The largest absolute Gasteiger partial charge is 0.348 e. The molecule has 4 aromatic rings. The Bertz CT molecular complexity index is 1160. The minimum absolute atomic E-state index is 0.0264. The highest BCUT2D eigenvalue weighted by Gasteiger charge is 2.27. The van der Waals surface area contributed by atoms with Crippen molar-refractivity contribution in [2.24, 2.45) is 0 Å². The molecule has 172 valence electrons. The minimum Gasteiger partial charge on any atom is -0.348 e. The van der Waals surface area contributed by atoms with E-state index in [0.717, 1.165) is 35.4 Å². The maximum absolute atomic E-state index is 13.5. The summed E-state index contributed by atoms with van der Waals surface area (Å²) in [5.74, 6) is 0.791. The van der Waals surface area contributed by atoms with E-state index in [1.54, 1.807) is 6.20 Å². The van der Waals surface area contributed by atoms with Crippen molar-refractivity contribution in [2.75, 3.05) is 0 Å². The van der Waals surface area contributed by atoms with Crippen LogP contribution in [0.1, 0.15) is 71.0 Å². The number of nitrogens with zero attached hydrogens (tertiary/aromatic N) is 2. The molecular weight excluding hydrogens is 418 g/mol. The van der Waals surface area contributed by atoms with Crippen molar-refractivity contribution in [2.45, 2.75) is 50.6 Å². The molecule has 1 aromatic heterocycles. The molecule has 0 radical (unpaired) electrons. The van der Waals surface area contributed by atoms with Crippen LogP contribution in [0.3, 0.4) is 0 Å². The maximum Gasteiger partial charge on any atom is 0.269 e. The van der Waals surface area contributed by atoms with Crippen LogP contribution in [-0.4, -0.2) is 21.5 Å². The highest BCUT2D eigenvalue weighted by atomic mass is 16.2. The first-order valence-electron chi connectivity index (χ1n) is 12.3. The number of carbonyl (C=O) groups is 1. The third-order valence-electron chi connectivity index (χ3n) is 6.77. The smallest absolute Gasteiger partial charge is 0.269 e. The van der Waals surface area contributed by atoms with Gasteiger partial charge in [0.25, 0.3) is 5.91 Å². The molecule has 34 heavy (non-hydrogen) atoms. The molecule has 3 aromatic carbocycles. The Morgan fingerprint density at radius 1 is 0.824 bits per heavy atom. The molecule has 0 aliphatic heterocycles. The highest BCUT2D eigenvalue weighted by molar-refractivity contribution is 5.92. The first kappa shape index (κ1) is 22.1. The SMILES string of the molecule is O=C(NC1CCCCC1)c1cnc(C(c2ccccc2)c2ccccc2)n1Cc1ccccc1. The van der Waals surface area contributed by atoms with E-state index in [1.165, 1.54) is 19.3 Å². The molecule has 1 N–H and O–H groups in total. The predicted octanol–water partition coefficient (Wildman–Crippen LogP) is 6.17. The molecule has 0 spiro atoms. The van der Waals surface area contributed by atoms with Crippen molar-refractivity contribution in [1.82, 2.24) is 14.9 Å². The third-order valence-corrected chi connectivity index (χ3v) is 6.77. The van der Waals surface area contributed by atoms with E-state index in [0.29, 0.717) is 12.2 Å². The number of imidazole rings is 1. The normalized spacial score (nSPS) is 14.3. The van der Waals surface area contributed by atoms with Gasteiger partial charge in [0, 0.05) is 12.6 Å². The van der Waals surface area contributed by atoms with Crippen molar-refractivity contribution in [1.29, 1.82) is 0 Å². The second-order valence-corrected chi connectivity index (χ2v) is 9.14. The fourth-order valence-electron chi connectivity index (χ4n) is 5.02. The van der Waals surface area contributed by atoms with E-state index in [4.69, 9.17) is 4.98 Å². The van der Waals surface area contributed by atoms with Crippen LogP contribution in [-0.2, 0) is 6.54 Å². The molecule has 1 amide bonds. The van der Waals surface area contributed by atoms with Crippen LogP contribution in [0.4, 0.5) is 0 Å². The minimum atomic E-state index is -0.0673. The zero-order valence-electron chi connectivity index (χ0n) is 19.4. The summed E-state index contributed by atoms with van der Waals surface area (Å²) in [6, 6.07) is 31.4. The third kappa shape index (κ3) is 4.96. The summed E-state index contributed by atoms with van der Waals surface area (Å²) < 4.78 is 2.11. The summed E-state index contributed by atoms with van der Waals surface area (Å²) in [6.07, 6.45) is 7.50. The van der Waals surface area contributed by atoms with Crippen LogP contribution in [0.25, 0.3) is 0 Å². The van der Waals surface area contributed by atoms with Gasteiger partial charge in [-0.25, -0.2) is 4.98 Å². The van der Waals surface area contributed by atoms with E-state index < -0.39 is 0 Å². The molecule has 4 nitrogen and oxygen atoms in total. The molecule has 1 fully saturated rings. The van der Waals surface area contributed by atoms with Crippen molar-refractivity contribution < 1.29 is 4.79 Å². The average Bonchev–Trinajstić information content (AvgIpc) is 3.30. The second kappa shape index (κ2) is 10.5. The van der Waals surface area contributed by atoms with Crippen molar-refractivity contribution >= 4 is 5.91 Å². The first-order chi connectivity index (χ1) is 16.8. The van der Waals surface area contributed by atoms with Gasteiger partial charge in [-0.3, -0.25) is 4.79 Å². The Morgan fingerprint density at radius 2 is 1.38 bits per heavy atom. The van der Waals surface area contributed by atoms with Gasteiger partial charge >= 0.3 is 0 Å². The fourth-order valence-corrected chi connectivity index (χ4v) is 5.02. The van der Waals surface area contributed by atoms with Crippen molar-refractivity contribution in [3.63, 3.8) is 0 Å². The van der Waals surface area contributed by atoms with Gasteiger partial charge in [0.15, 0.2) is 0 Å². The molecule has 0 unspecified atom stereocenters. The number of hydrogen-bond donors (Lipinski definition) is 1. The summed E-state index contributed by atoms with van der Waals surface area (Å²) in [5.41, 5.74) is 4.09. The number of amides is 1. The van der Waals surface area contributed by atoms with E-state index in [-0.39, 0.29) is 17.9 Å². The molecule has 5 rings (SSSR count). The lowest BCUT2D eigenvalue weighted by Crippen LogP contribution is -2.37. The molecule has 0 atom stereocenters. The quantitative estimate of drug-likeness (QED) is 0.366. The van der Waals surface area contributed by atoms with Crippen molar-refractivity contribution in [3.8, 4) is 0 Å². The van der Waals surface area contributed by atoms with Gasteiger partial charge in [-0.15, -0.1) is 0 Å². The van der Waals surface area contributed by atoms with Gasteiger partial charge in [0.2, 0.25) is 0 Å². The molecule has 0 bridgehead atoms. The van der Waals surface area contributed by atoms with Crippen LogP contribution >= 0.6 is 0 Å². The lowest BCUT2D eigenvalue weighted by Gasteiger charge is -2.24. The Kier molecular flexibility index (Phi) is 6.85. The molecule has 1 saturated carbocycles. The fraction of sp³-hybridized carbons (Fsp3) is 0.267.